The molecule has 2 rings (SSSR count). The van der Waals surface area contributed by atoms with Crippen LogP contribution < -0.4 is 4.74 Å². The van der Waals surface area contributed by atoms with Gasteiger partial charge in [-0.2, -0.15) is 0 Å². The molecule has 20 heavy (non-hydrogen) atoms. The number of ether oxygens (including phenoxy) is 1. The lowest BCUT2D eigenvalue weighted by Crippen LogP contribution is -2.07. The molecule has 2 aromatic rings. The van der Waals surface area contributed by atoms with E-state index in [1.807, 2.05) is 24.3 Å². The predicted octanol–water partition coefficient (Wildman–Crippen LogP) is 2.10. The zero-order valence-electron chi connectivity index (χ0n) is 11.9. The lowest BCUT2D eigenvalue weighted by atomic mass is 10.2. The second-order valence-electron chi connectivity index (χ2n) is 5.05. The number of benzene rings is 1. The van der Waals surface area contributed by atoms with Gasteiger partial charge in [0.1, 0.15) is 12.1 Å². The second-order valence-corrected chi connectivity index (χ2v) is 6.32. The second kappa shape index (κ2) is 6.65. The summed E-state index contributed by atoms with van der Waals surface area (Å²) in [6.07, 6.45) is 3.20. The van der Waals surface area contributed by atoms with Gasteiger partial charge in [0.2, 0.25) is 5.16 Å². The Labute approximate surface area is 121 Å². The molecule has 0 N–H and O–H groups in total. The summed E-state index contributed by atoms with van der Waals surface area (Å²) in [6.45, 7) is 5.51. The van der Waals surface area contributed by atoms with E-state index in [4.69, 9.17) is 4.74 Å². The van der Waals surface area contributed by atoms with Crippen molar-refractivity contribution in [2.45, 2.75) is 25.5 Å². The van der Waals surface area contributed by atoms with E-state index in [0.29, 0.717) is 24.2 Å². The Bertz CT molecular complexity index is 596. The van der Waals surface area contributed by atoms with Crippen LogP contribution in [0, 0.1) is 5.92 Å². The molecule has 0 saturated heterocycles. The van der Waals surface area contributed by atoms with E-state index in [1.54, 1.807) is 17.2 Å². The van der Waals surface area contributed by atoms with Crippen LogP contribution in [0.15, 0.2) is 35.7 Å². The maximum absolute atomic E-state index is 11.5. The Morgan fingerprint density at radius 3 is 2.90 bits per heavy atom. The zero-order chi connectivity index (χ0) is 14.5. The van der Waals surface area contributed by atoms with Crippen molar-refractivity contribution in [1.29, 1.82) is 0 Å². The molecule has 1 aromatic carbocycles. The van der Waals surface area contributed by atoms with E-state index < -0.39 is 10.8 Å². The fourth-order valence-electron chi connectivity index (χ4n) is 1.77. The molecule has 0 saturated carbocycles. The minimum absolute atomic E-state index is 0.485. The summed E-state index contributed by atoms with van der Waals surface area (Å²) in [5, 5.41) is 8.17. The topological polar surface area (TPSA) is 57.0 Å². The summed E-state index contributed by atoms with van der Waals surface area (Å²) in [4.78, 5) is 0. The van der Waals surface area contributed by atoms with Crippen LogP contribution in [0.1, 0.15) is 19.4 Å². The average Bonchev–Trinajstić information content (AvgIpc) is 2.85. The number of aromatic nitrogens is 3. The molecular weight excluding hydrogens is 274 g/mol. The first-order chi connectivity index (χ1) is 9.56. The molecule has 0 fully saturated rings. The van der Waals surface area contributed by atoms with Crippen LogP contribution in [-0.4, -0.2) is 31.8 Å². The van der Waals surface area contributed by atoms with Gasteiger partial charge in [0.25, 0.3) is 0 Å². The third-order valence-electron chi connectivity index (χ3n) is 2.67. The van der Waals surface area contributed by atoms with Crippen molar-refractivity contribution in [3.8, 4) is 5.75 Å². The largest absolute Gasteiger partial charge is 0.493 e. The minimum Gasteiger partial charge on any atom is -0.493 e. The first-order valence-corrected chi connectivity index (χ1v) is 8.05. The first kappa shape index (κ1) is 14.7. The Balaban J connectivity index is 2.11. The predicted molar refractivity (Wildman–Crippen MR) is 78.2 cm³/mol. The molecule has 6 heteroatoms. The highest BCUT2D eigenvalue weighted by Gasteiger charge is 2.08. The molecule has 1 atom stereocenters. The van der Waals surface area contributed by atoms with Gasteiger partial charge in [-0.25, -0.2) is 0 Å². The molecule has 0 aliphatic carbocycles. The zero-order valence-corrected chi connectivity index (χ0v) is 12.8. The number of rotatable bonds is 6. The van der Waals surface area contributed by atoms with Gasteiger partial charge in [0, 0.05) is 6.26 Å². The molecular formula is C14H19N3O2S. The molecule has 1 unspecified atom stereocenters. The molecule has 0 amide bonds. The van der Waals surface area contributed by atoms with Crippen molar-refractivity contribution < 1.29 is 8.95 Å². The Morgan fingerprint density at radius 1 is 1.40 bits per heavy atom. The van der Waals surface area contributed by atoms with Gasteiger partial charge >= 0.3 is 0 Å². The van der Waals surface area contributed by atoms with Crippen molar-refractivity contribution in [1.82, 2.24) is 14.8 Å². The lowest BCUT2D eigenvalue weighted by molar-refractivity contribution is 0.271. The van der Waals surface area contributed by atoms with Gasteiger partial charge in [-0.1, -0.05) is 26.0 Å². The SMILES string of the molecule is CC(C)COc1cccc(Cn2cnnc2S(C)=O)c1. The van der Waals surface area contributed by atoms with Crippen LogP contribution in [0.2, 0.25) is 0 Å². The fraction of sp³-hybridized carbons (Fsp3) is 0.429. The summed E-state index contributed by atoms with van der Waals surface area (Å²) in [7, 11) is -1.14. The van der Waals surface area contributed by atoms with Gasteiger partial charge in [0.15, 0.2) is 0 Å². The van der Waals surface area contributed by atoms with Crippen LogP contribution in [0.25, 0.3) is 0 Å². The highest BCUT2D eigenvalue weighted by Crippen LogP contribution is 2.16. The van der Waals surface area contributed by atoms with Crippen molar-refractivity contribution in [3.05, 3.63) is 36.2 Å². The van der Waals surface area contributed by atoms with E-state index in [9.17, 15) is 4.21 Å². The van der Waals surface area contributed by atoms with Crippen LogP contribution in [-0.2, 0) is 17.3 Å². The molecule has 5 nitrogen and oxygen atoms in total. The Hall–Kier alpha value is -1.69. The summed E-state index contributed by atoms with van der Waals surface area (Å²) in [5.74, 6) is 1.34. The third-order valence-corrected chi connectivity index (χ3v) is 3.50. The molecule has 0 spiro atoms. The van der Waals surface area contributed by atoms with E-state index >= 15 is 0 Å². The van der Waals surface area contributed by atoms with Crippen molar-refractivity contribution in [2.24, 2.45) is 5.92 Å². The summed E-state index contributed by atoms with van der Waals surface area (Å²) < 4.78 is 19.0. The number of hydrogen-bond acceptors (Lipinski definition) is 4. The lowest BCUT2D eigenvalue weighted by Gasteiger charge is -2.10. The normalized spacial score (nSPS) is 12.6. The summed E-state index contributed by atoms with van der Waals surface area (Å²) >= 11 is 0. The van der Waals surface area contributed by atoms with Gasteiger partial charge < -0.3 is 9.30 Å². The van der Waals surface area contributed by atoms with E-state index in [0.717, 1.165) is 11.3 Å². The van der Waals surface area contributed by atoms with Crippen LogP contribution >= 0.6 is 0 Å². The van der Waals surface area contributed by atoms with Crippen LogP contribution in [0.4, 0.5) is 0 Å². The molecule has 0 aliphatic heterocycles. The van der Waals surface area contributed by atoms with Crippen LogP contribution in [0.5, 0.6) is 5.75 Å². The van der Waals surface area contributed by atoms with Crippen molar-refractivity contribution >= 4 is 10.8 Å². The maximum Gasteiger partial charge on any atom is 0.221 e. The van der Waals surface area contributed by atoms with E-state index in [2.05, 4.69) is 24.0 Å². The summed E-state index contributed by atoms with van der Waals surface area (Å²) in [6, 6.07) is 7.89. The molecule has 1 heterocycles. The molecule has 0 aliphatic rings. The quantitative estimate of drug-likeness (QED) is 0.818. The Morgan fingerprint density at radius 2 is 2.20 bits per heavy atom. The number of nitrogens with zero attached hydrogens (tertiary/aromatic N) is 3. The van der Waals surface area contributed by atoms with Crippen molar-refractivity contribution in [2.75, 3.05) is 12.9 Å². The van der Waals surface area contributed by atoms with Crippen molar-refractivity contribution in [3.63, 3.8) is 0 Å². The highest BCUT2D eigenvalue weighted by molar-refractivity contribution is 7.84. The van der Waals surface area contributed by atoms with Gasteiger partial charge in [0.05, 0.1) is 24.0 Å². The first-order valence-electron chi connectivity index (χ1n) is 6.49. The molecule has 1 aromatic heterocycles. The van der Waals surface area contributed by atoms with Gasteiger partial charge in [-0.05, 0) is 23.6 Å². The minimum atomic E-state index is -1.14. The Kier molecular flexibility index (Phi) is 4.89. The number of hydrogen-bond donors (Lipinski definition) is 0. The summed E-state index contributed by atoms with van der Waals surface area (Å²) in [5.41, 5.74) is 1.07. The van der Waals surface area contributed by atoms with Gasteiger partial charge in [-0.3, -0.25) is 4.21 Å². The van der Waals surface area contributed by atoms with E-state index in [1.165, 1.54) is 0 Å². The standard InChI is InChI=1S/C14H19N3O2S/c1-11(2)9-19-13-6-4-5-12(7-13)8-17-10-15-16-14(17)20(3)18/h4-7,10-11H,8-9H2,1-3H3. The average molecular weight is 293 g/mol. The molecule has 0 bridgehead atoms. The highest BCUT2D eigenvalue weighted by atomic mass is 32.2. The molecule has 0 radical (unpaired) electrons. The van der Waals surface area contributed by atoms with Crippen LogP contribution in [0.3, 0.4) is 0 Å². The van der Waals surface area contributed by atoms with Gasteiger partial charge in [-0.15, -0.1) is 10.2 Å². The van der Waals surface area contributed by atoms with E-state index in [-0.39, 0.29) is 0 Å². The fourth-order valence-corrected chi connectivity index (χ4v) is 2.37. The smallest absolute Gasteiger partial charge is 0.221 e. The molecule has 108 valence electrons. The monoisotopic (exact) mass is 293 g/mol. The third kappa shape index (κ3) is 3.90. The maximum atomic E-state index is 11.5.